The Labute approximate surface area is 183 Å². The molecule has 4 heterocycles. The zero-order chi connectivity index (χ0) is 24.3. The number of fused-ring (bicyclic) bond motifs is 2. The van der Waals surface area contributed by atoms with Crippen LogP contribution in [0, 0.1) is 5.92 Å². The van der Waals surface area contributed by atoms with E-state index in [1.807, 2.05) is 0 Å². The molecule has 2 saturated heterocycles. The highest BCUT2D eigenvalue weighted by atomic mass is 19.4. The number of carbonyl (C=O) groups is 1. The van der Waals surface area contributed by atoms with Gasteiger partial charge in [0.05, 0.1) is 29.8 Å². The Bertz CT molecular complexity index is 1050. The van der Waals surface area contributed by atoms with Crippen molar-refractivity contribution < 1.29 is 41.0 Å². The Morgan fingerprint density at radius 1 is 1.24 bits per heavy atom. The molecule has 0 radical (unpaired) electrons. The number of anilines is 1. The van der Waals surface area contributed by atoms with Gasteiger partial charge in [-0.2, -0.15) is 31.4 Å². The van der Waals surface area contributed by atoms with Gasteiger partial charge in [0.1, 0.15) is 5.82 Å². The summed E-state index contributed by atoms with van der Waals surface area (Å²) in [5.74, 6) is -3.64. The molecule has 5 atom stereocenters. The lowest BCUT2D eigenvalue weighted by atomic mass is 9.73. The van der Waals surface area contributed by atoms with Crippen LogP contribution in [0.1, 0.15) is 49.0 Å². The first kappa shape index (κ1) is 23.5. The number of aliphatic hydroxyl groups is 1. The second-order valence-corrected chi connectivity index (χ2v) is 8.42. The SMILES string of the molecule is CC(C)n1cc([C@H]2[C@H]3O[C@H](C[C@@H]3O)[C@@H]2C(=O)Nc2cc(C(F)(F)F)ccn2)c(C(F)(F)F)n1. The van der Waals surface area contributed by atoms with Gasteiger partial charge in [0.15, 0.2) is 5.69 Å². The first-order valence-corrected chi connectivity index (χ1v) is 10.1. The van der Waals surface area contributed by atoms with Gasteiger partial charge < -0.3 is 15.2 Å². The fourth-order valence-corrected chi connectivity index (χ4v) is 4.43. The molecule has 2 bridgehead atoms. The van der Waals surface area contributed by atoms with Crippen LogP contribution in [0.15, 0.2) is 24.5 Å². The summed E-state index contributed by atoms with van der Waals surface area (Å²) in [6.45, 7) is 3.26. The molecule has 33 heavy (non-hydrogen) atoms. The van der Waals surface area contributed by atoms with Crippen molar-refractivity contribution in [1.82, 2.24) is 14.8 Å². The lowest BCUT2D eigenvalue weighted by Gasteiger charge is -2.30. The summed E-state index contributed by atoms with van der Waals surface area (Å²) in [6.07, 6.45) is -10.5. The minimum Gasteiger partial charge on any atom is -0.390 e. The van der Waals surface area contributed by atoms with E-state index in [0.29, 0.717) is 6.07 Å². The summed E-state index contributed by atoms with van der Waals surface area (Å²) in [5, 5.41) is 16.2. The van der Waals surface area contributed by atoms with Crippen LogP contribution in [-0.2, 0) is 21.9 Å². The number of aliphatic hydroxyl groups excluding tert-OH is 1. The lowest BCUT2D eigenvalue weighted by molar-refractivity contribution is -0.143. The van der Waals surface area contributed by atoms with Gasteiger partial charge in [-0.25, -0.2) is 4.98 Å². The average Bonchev–Trinajstić information content (AvgIpc) is 3.38. The largest absolute Gasteiger partial charge is 0.435 e. The van der Waals surface area contributed by atoms with Crippen LogP contribution >= 0.6 is 0 Å². The van der Waals surface area contributed by atoms with Gasteiger partial charge in [0.25, 0.3) is 0 Å². The zero-order valence-electron chi connectivity index (χ0n) is 17.4. The second-order valence-electron chi connectivity index (χ2n) is 8.42. The molecule has 2 N–H and O–H groups in total. The van der Waals surface area contributed by atoms with Gasteiger partial charge in [0.2, 0.25) is 5.91 Å². The van der Waals surface area contributed by atoms with E-state index in [1.54, 1.807) is 13.8 Å². The van der Waals surface area contributed by atoms with Crippen molar-refractivity contribution in [2.24, 2.45) is 5.92 Å². The number of carbonyl (C=O) groups excluding carboxylic acids is 1. The van der Waals surface area contributed by atoms with Crippen LogP contribution in [0.3, 0.4) is 0 Å². The molecule has 4 rings (SSSR count). The number of alkyl halides is 6. The second kappa shape index (κ2) is 7.97. The third kappa shape index (κ3) is 4.31. The van der Waals surface area contributed by atoms with Crippen molar-refractivity contribution in [3.05, 3.63) is 41.3 Å². The summed E-state index contributed by atoms with van der Waals surface area (Å²) in [5.41, 5.74) is -2.54. The number of hydrogen-bond donors (Lipinski definition) is 2. The molecule has 13 heteroatoms. The summed E-state index contributed by atoms with van der Waals surface area (Å²) in [6, 6.07) is 0.949. The third-order valence-corrected chi connectivity index (χ3v) is 5.88. The Hall–Kier alpha value is -2.67. The van der Waals surface area contributed by atoms with Gasteiger partial charge in [-0.05, 0) is 26.0 Å². The normalized spacial score (nSPS) is 27.4. The van der Waals surface area contributed by atoms with Gasteiger partial charge in [-0.1, -0.05) is 0 Å². The molecule has 0 aromatic carbocycles. The summed E-state index contributed by atoms with van der Waals surface area (Å²) >= 11 is 0. The highest BCUT2D eigenvalue weighted by Crippen LogP contribution is 2.51. The zero-order valence-corrected chi connectivity index (χ0v) is 17.4. The van der Waals surface area contributed by atoms with Crippen LogP contribution in [0.5, 0.6) is 0 Å². The number of amides is 1. The number of ether oxygens (including phenoxy) is 1. The van der Waals surface area contributed by atoms with E-state index in [4.69, 9.17) is 4.74 Å². The monoisotopic (exact) mass is 478 g/mol. The van der Waals surface area contributed by atoms with Gasteiger partial charge in [-0.3, -0.25) is 9.48 Å². The summed E-state index contributed by atoms with van der Waals surface area (Å²) in [4.78, 5) is 16.8. The standard InChI is InChI=1S/C20H20F6N4O3/c1-8(2)30-7-10(17(29-30)20(24,25)26)14-15(12-6-11(31)16(14)33-12)18(32)28-13-5-9(3-4-27-13)19(21,22)23/h3-5,7-8,11-12,14-16,31H,6H2,1-2H3,(H,27,28,32)/t11-,12+,14+,15-,16-/m0/s1. The van der Waals surface area contributed by atoms with Gasteiger partial charge >= 0.3 is 12.4 Å². The molecule has 2 aliphatic rings. The van der Waals surface area contributed by atoms with Gasteiger partial charge in [-0.15, -0.1) is 0 Å². The maximum Gasteiger partial charge on any atom is 0.435 e. The van der Waals surface area contributed by atoms with Crippen molar-refractivity contribution in [2.75, 3.05) is 5.32 Å². The molecule has 1 amide bonds. The number of aromatic nitrogens is 3. The first-order valence-electron chi connectivity index (χ1n) is 10.1. The van der Waals surface area contributed by atoms with E-state index in [9.17, 15) is 36.2 Å². The molecule has 0 unspecified atom stereocenters. The predicted molar refractivity (Wildman–Crippen MR) is 101 cm³/mol. The molecule has 0 saturated carbocycles. The lowest BCUT2D eigenvalue weighted by Crippen LogP contribution is -2.41. The molecule has 7 nitrogen and oxygen atoms in total. The minimum absolute atomic E-state index is 0.00887. The van der Waals surface area contributed by atoms with Crippen LogP contribution in [0.4, 0.5) is 32.2 Å². The number of rotatable bonds is 4. The van der Waals surface area contributed by atoms with E-state index in [-0.39, 0.29) is 12.0 Å². The van der Waals surface area contributed by atoms with Crippen LogP contribution in [0.25, 0.3) is 0 Å². The van der Waals surface area contributed by atoms with Crippen LogP contribution in [0.2, 0.25) is 0 Å². The molecule has 2 aromatic rings. The molecule has 180 valence electrons. The molecular formula is C20H20F6N4O3. The van der Waals surface area contributed by atoms with Crippen LogP contribution < -0.4 is 5.32 Å². The number of nitrogens with one attached hydrogen (secondary N) is 1. The minimum atomic E-state index is -4.83. The quantitative estimate of drug-likeness (QED) is 0.654. The molecule has 2 aromatic heterocycles. The predicted octanol–water partition coefficient (Wildman–Crippen LogP) is 3.77. The number of pyridine rings is 1. The Morgan fingerprint density at radius 3 is 2.55 bits per heavy atom. The van der Waals surface area contributed by atoms with E-state index in [2.05, 4.69) is 15.4 Å². The number of halogens is 6. The van der Waals surface area contributed by atoms with E-state index in [0.717, 1.165) is 16.9 Å². The van der Waals surface area contributed by atoms with E-state index in [1.165, 1.54) is 6.20 Å². The summed E-state index contributed by atoms with van der Waals surface area (Å²) in [7, 11) is 0. The van der Waals surface area contributed by atoms with Crippen LogP contribution in [-0.4, -0.2) is 44.1 Å². The molecule has 2 fully saturated rings. The maximum atomic E-state index is 13.8. The number of nitrogens with zero attached hydrogens (tertiary/aromatic N) is 3. The third-order valence-electron chi connectivity index (χ3n) is 5.88. The molecule has 2 aliphatic heterocycles. The fourth-order valence-electron chi connectivity index (χ4n) is 4.43. The van der Waals surface area contributed by atoms with Crippen molar-refractivity contribution in [3.63, 3.8) is 0 Å². The molecular weight excluding hydrogens is 458 g/mol. The maximum absolute atomic E-state index is 13.8. The van der Waals surface area contributed by atoms with Gasteiger partial charge in [0, 0.05) is 36.3 Å². The fraction of sp³-hybridized carbons (Fsp3) is 0.550. The van der Waals surface area contributed by atoms with Crippen molar-refractivity contribution in [1.29, 1.82) is 0 Å². The summed E-state index contributed by atoms with van der Waals surface area (Å²) < 4.78 is 86.9. The van der Waals surface area contributed by atoms with E-state index >= 15 is 0 Å². The first-order chi connectivity index (χ1) is 15.3. The molecule has 0 spiro atoms. The van der Waals surface area contributed by atoms with Crippen molar-refractivity contribution in [2.45, 2.75) is 62.9 Å². The van der Waals surface area contributed by atoms with E-state index < -0.39 is 71.5 Å². The highest BCUT2D eigenvalue weighted by Gasteiger charge is 2.59. The average molecular weight is 478 g/mol. The Balaban J connectivity index is 1.70. The smallest absolute Gasteiger partial charge is 0.390 e. The van der Waals surface area contributed by atoms with Crippen molar-refractivity contribution in [3.8, 4) is 0 Å². The Morgan fingerprint density at radius 2 is 1.94 bits per heavy atom. The Kier molecular flexibility index (Phi) is 5.68. The topological polar surface area (TPSA) is 89.3 Å². The highest BCUT2D eigenvalue weighted by molar-refractivity contribution is 5.93. The number of hydrogen-bond acceptors (Lipinski definition) is 5. The van der Waals surface area contributed by atoms with Crippen molar-refractivity contribution >= 4 is 11.7 Å². The molecule has 0 aliphatic carbocycles.